The smallest absolute Gasteiger partial charge is 0.160 e. The first kappa shape index (κ1) is 13.9. The molecule has 0 bridgehead atoms. The number of benzene rings is 2. The third-order valence-corrected chi connectivity index (χ3v) is 3.62. The maximum atomic E-state index is 9.69. The molecule has 2 N–H and O–H groups in total. The summed E-state index contributed by atoms with van der Waals surface area (Å²) in [7, 11) is 1.54. The summed E-state index contributed by atoms with van der Waals surface area (Å²) in [5.41, 5.74) is 2.23. The van der Waals surface area contributed by atoms with Crippen molar-refractivity contribution in [3.05, 3.63) is 58.1 Å². The molecule has 0 aliphatic carbocycles. The minimum absolute atomic E-state index is 0.169. The van der Waals surface area contributed by atoms with Crippen LogP contribution in [0.25, 0.3) is 0 Å². The van der Waals surface area contributed by atoms with Crippen LogP contribution in [-0.4, -0.2) is 12.2 Å². The zero-order chi connectivity index (χ0) is 13.7. The second kappa shape index (κ2) is 6.59. The number of ether oxygens (including phenoxy) is 1. The van der Waals surface area contributed by atoms with Crippen molar-refractivity contribution in [2.24, 2.45) is 0 Å². The first-order valence-electron chi connectivity index (χ1n) is 6.00. The summed E-state index contributed by atoms with van der Waals surface area (Å²) in [4.78, 5) is 0. The van der Waals surface area contributed by atoms with E-state index in [1.807, 2.05) is 24.3 Å². The van der Waals surface area contributed by atoms with E-state index in [0.717, 1.165) is 16.6 Å². The monoisotopic (exact) mass is 321 g/mol. The minimum Gasteiger partial charge on any atom is -0.504 e. The van der Waals surface area contributed by atoms with Gasteiger partial charge in [-0.3, -0.25) is 0 Å². The average molecular weight is 322 g/mol. The first-order chi connectivity index (χ1) is 9.20. The van der Waals surface area contributed by atoms with Gasteiger partial charge in [0, 0.05) is 17.6 Å². The largest absolute Gasteiger partial charge is 0.504 e. The van der Waals surface area contributed by atoms with E-state index >= 15 is 0 Å². The molecule has 0 amide bonds. The van der Waals surface area contributed by atoms with Crippen LogP contribution in [0.3, 0.4) is 0 Å². The van der Waals surface area contributed by atoms with Gasteiger partial charge < -0.3 is 15.2 Å². The molecule has 0 heterocycles. The Hall–Kier alpha value is -1.52. The summed E-state index contributed by atoms with van der Waals surface area (Å²) in [6, 6.07) is 13.5. The Kier molecular flexibility index (Phi) is 4.82. The normalized spacial score (nSPS) is 10.4. The highest BCUT2D eigenvalue weighted by Crippen LogP contribution is 2.26. The number of aromatic hydroxyl groups is 1. The number of phenols is 1. The van der Waals surface area contributed by atoms with Crippen LogP contribution in [0.5, 0.6) is 11.5 Å². The Balaban J connectivity index is 1.93. The fourth-order valence-electron chi connectivity index (χ4n) is 1.83. The number of methoxy groups -OCH3 is 1. The highest BCUT2D eigenvalue weighted by molar-refractivity contribution is 9.10. The van der Waals surface area contributed by atoms with E-state index in [-0.39, 0.29) is 5.75 Å². The van der Waals surface area contributed by atoms with Crippen molar-refractivity contribution in [1.29, 1.82) is 0 Å². The van der Waals surface area contributed by atoms with Gasteiger partial charge in [0.15, 0.2) is 11.5 Å². The molecule has 0 saturated carbocycles. The van der Waals surface area contributed by atoms with Crippen LogP contribution in [0.4, 0.5) is 0 Å². The standard InChI is InChI=1S/C15H16BrNO2/c1-19-15-7-6-11(8-14(15)18)9-17-10-12-4-2-3-5-13(12)16/h2-8,17-18H,9-10H2,1H3. The lowest BCUT2D eigenvalue weighted by atomic mass is 10.2. The van der Waals surface area contributed by atoms with E-state index in [1.165, 1.54) is 5.56 Å². The molecule has 0 aliphatic rings. The van der Waals surface area contributed by atoms with Gasteiger partial charge >= 0.3 is 0 Å². The van der Waals surface area contributed by atoms with Gasteiger partial charge in [0.05, 0.1) is 7.11 Å². The Morgan fingerprint density at radius 3 is 2.63 bits per heavy atom. The van der Waals surface area contributed by atoms with Crippen LogP contribution in [0.15, 0.2) is 46.9 Å². The quantitative estimate of drug-likeness (QED) is 0.886. The van der Waals surface area contributed by atoms with Crippen LogP contribution in [-0.2, 0) is 13.1 Å². The summed E-state index contributed by atoms with van der Waals surface area (Å²) in [6.07, 6.45) is 0. The van der Waals surface area contributed by atoms with Gasteiger partial charge in [-0.05, 0) is 29.3 Å². The van der Waals surface area contributed by atoms with Gasteiger partial charge in [-0.25, -0.2) is 0 Å². The average Bonchev–Trinajstić information content (AvgIpc) is 2.41. The molecule has 19 heavy (non-hydrogen) atoms. The van der Waals surface area contributed by atoms with E-state index in [4.69, 9.17) is 4.74 Å². The molecule has 0 atom stereocenters. The molecule has 2 aromatic carbocycles. The summed E-state index contributed by atoms with van der Waals surface area (Å²) < 4.78 is 6.11. The van der Waals surface area contributed by atoms with E-state index in [0.29, 0.717) is 12.3 Å². The van der Waals surface area contributed by atoms with Crippen molar-refractivity contribution >= 4 is 15.9 Å². The van der Waals surface area contributed by atoms with Crippen molar-refractivity contribution < 1.29 is 9.84 Å². The number of phenolic OH excluding ortho intramolecular Hbond substituents is 1. The van der Waals surface area contributed by atoms with Crippen LogP contribution >= 0.6 is 15.9 Å². The Morgan fingerprint density at radius 1 is 1.16 bits per heavy atom. The lowest BCUT2D eigenvalue weighted by Crippen LogP contribution is -2.12. The number of hydrogen-bond acceptors (Lipinski definition) is 3. The van der Waals surface area contributed by atoms with E-state index < -0.39 is 0 Å². The number of hydrogen-bond donors (Lipinski definition) is 2. The van der Waals surface area contributed by atoms with Gasteiger partial charge in [-0.1, -0.05) is 40.2 Å². The molecule has 0 radical (unpaired) electrons. The summed E-state index contributed by atoms with van der Waals surface area (Å²) in [5.74, 6) is 0.664. The SMILES string of the molecule is COc1ccc(CNCc2ccccc2Br)cc1O. The highest BCUT2D eigenvalue weighted by Gasteiger charge is 2.03. The molecule has 100 valence electrons. The Bertz CT molecular complexity index is 558. The van der Waals surface area contributed by atoms with E-state index in [1.54, 1.807) is 19.2 Å². The minimum atomic E-state index is 0.169. The second-order valence-corrected chi connectivity index (χ2v) is 5.06. The van der Waals surface area contributed by atoms with Crippen molar-refractivity contribution in [2.75, 3.05) is 7.11 Å². The maximum absolute atomic E-state index is 9.69. The van der Waals surface area contributed by atoms with Gasteiger partial charge in [0.25, 0.3) is 0 Å². The molecule has 0 spiro atoms. The molecule has 0 fully saturated rings. The Morgan fingerprint density at radius 2 is 1.95 bits per heavy atom. The molecule has 0 unspecified atom stereocenters. The molecule has 0 saturated heterocycles. The Labute approximate surface area is 121 Å². The van der Waals surface area contributed by atoms with E-state index in [2.05, 4.69) is 27.3 Å². The topological polar surface area (TPSA) is 41.5 Å². The van der Waals surface area contributed by atoms with Crippen molar-refractivity contribution in [2.45, 2.75) is 13.1 Å². The second-order valence-electron chi connectivity index (χ2n) is 4.20. The zero-order valence-electron chi connectivity index (χ0n) is 10.7. The molecule has 2 aromatic rings. The van der Waals surface area contributed by atoms with Crippen LogP contribution < -0.4 is 10.1 Å². The zero-order valence-corrected chi connectivity index (χ0v) is 12.3. The molecule has 0 aliphatic heterocycles. The molecule has 4 heteroatoms. The van der Waals surface area contributed by atoms with Gasteiger partial charge in [-0.2, -0.15) is 0 Å². The van der Waals surface area contributed by atoms with Crippen molar-refractivity contribution in [3.63, 3.8) is 0 Å². The third-order valence-electron chi connectivity index (χ3n) is 2.85. The van der Waals surface area contributed by atoms with Gasteiger partial charge in [0.1, 0.15) is 0 Å². The fraction of sp³-hybridized carbons (Fsp3) is 0.200. The third kappa shape index (κ3) is 3.72. The molecule has 3 nitrogen and oxygen atoms in total. The van der Waals surface area contributed by atoms with E-state index in [9.17, 15) is 5.11 Å². The maximum Gasteiger partial charge on any atom is 0.160 e. The highest BCUT2D eigenvalue weighted by atomic mass is 79.9. The van der Waals surface area contributed by atoms with Crippen LogP contribution in [0, 0.1) is 0 Å². The van der Waals surface area contributed by atoms with Crippen LogP contribution in [0.2, 0.25) is 0 Å². The lowest BCUT2D eigenvalue weighted by molar-refractivity contribution is 0.373. The van der Waals surface area contributed by atoms with Gasteiger partial charge in [-0.15, -0.1) is 0 Å². The predicted octanol–water partition coefficient (Wildman–Crippen LogP) is 3.45. The fourth-order valence-corrected chi connectivity index (χ4v) is 2.25. The molecule has 0 aromatic heterocycles. The first-order valence-corrected chi connectivity index (χ1v) is 6.80. The molecule has 2 rings (SSSR count). The number of halogens is 1. The van der Waals surface area contributed by atoms with Crippen LogP contribution in [0.1, 0.15) is 11.1 Å². The van der Waals surface area contributed by atoms with Crippen molar-refractivity contribution in [1.82, 2.24) is 5.32 Å². The molecular formula is C15H16BrNO2. The predicted molar refractivity (Wildman–Crippen MR) is 79.3 cm³/mol. The lowest BCUT2D eigenvalue weighted by Gasteiger charge is -2.09. The van der Waals surface area contributed by atoms with Gasteiger partial charge in [0.2, 0.25) is 0 Å². The summed E-state index contributed by atoms with van der Waals surface area (Å²) in [5, 5.41) is 13.0. The molecular weight excluding hydrogens is 306 g/mol. The van der Waals surface area contributed by atoms with Crippen molar-refractivity contribution in [3.8, 4) is 11.5 Å². The summed E-state index contributed by atoms with van der Waals surface area (Å²) in [6.45, 7) is 1.47. The number of rotatable bonds is 5. The number of nitrogens with one attached hydrogen (secondary N) is 1. The summed E-state index contributed by atoms with van der Waals surface area (Å²) >= 11 is 3.52.